The Kier molecular flexibility index (Phi) is 9.10. The fraction of sp³-hybridized carbons (Fsp3) is 0.154. The van der Waals surface area contributed by atoms with Gasteiger partial charge in [0.15, 0.2) is 6.61 Å². The standard InChI is InChI=1S/C26H24N4O6S/c1-18(19-9-3-2-4-10-19)29-26(33)21-12-6-7-13-22(21)30-24(31)17-36-25(32)16-28-37(34,35)23-14-8-5-11-20(23)15-27/h2-14,18,28H,16-17H2,1H3,(H,29,33)(H,30,31). The van der Waals surface area contributed by atoms with Crippen molar-refractivity contribution in [1.29, 1.82) is 5.26 Å². The van der Waals surface area contributed by atoms with Crippen molar-refractivity contribution in [2.24, 2.45) is 0 Å². The molecule has 2 amide bonds. The van der Waals surface area contributed by atoms with Crippen molar-refractivity contribution in [3.63, 3.8) is 0 Å². The van der Waals surface area contributed by atoms with Crippen molar-refractivity contribution < 1.29 is 27.5 Å². The van der Waals surface area contributed by atoms with Crippen LogP contribution in [0.5, 0.6) is 0 Å². The summed E-state index contributed by atoms with van der Waals surface area (Å²) in [5.41, 5.74) is 1.27. The van der Waals surface area contributed by atoms with Crippen molar-refractivity contribution in [3.8, 4) is 6.07 Å². The highest BCUT2D eigenvalue weighted by Gasteiger charge is 2.20. The smallest absolute Gasteiger partial charge is 0.321 e. The van der Waals surface area contributed by atoms with Crippen molar-refractivity contribution in [1.82, 2.24) is 10.0 Å². The average molecular weight is 521 g/mol. The second kappa shape index (κ2) is 12.4. The van der Waals surface area contributed by atoms with Gasteiger partial charge >= 0.3 is 5.97 Å². The summed E-state index contributed by atoms with van der Waals surface area (Å²) in [5.74, 6) is -2.13. The first-order valence-electron chi connectivity index (χ1n) is 11.1. The molecule has 0 aliphatic rings. The van der Waals surface area contributed by atoms with E-state index in [1.807, 2.05) is 42.0 Å². The molecular weight excluding hydrogens is 496 g/mol. The molecule has 10 nitrogen and oxygen atoms in total. The molecule has 0 aromatic heterocycles. The summed E-state index contributed by atoms with van der Waals surface area (Å²) < 4.78 is 31.6. The molecular formula is C26H24N4O6S. The number of para-hydroxylation sites is 1. The third-order valence-electron chi connectivity index (χ3n) is 5.16. The summed E-state index contributed by atoms with van der Waals surface area (Å²) >= 11 is 0. The number of amides is 2. The number of hydrogen-bond donors (Lipinski definition) is 3. The molecule has 0 saturated heterocycles. The van der Waals surface area contributed by atoms with Crippen LogP contribution < -0.4 is 15.4 Å². The number of nitrogens with zero attached hydrogens (tertiary/aromatic N) is 1. The van der Waals surface area contributed by atoms with Crippen molar-refractivity contribution in [2.75, 3.05) is 18.5 Å². The minimum Gasteiger partial charge on any atom is -0.455 e. The van der Waals surface area contributed by atoms with Gasteiger partial charge in [0.2, 0.25) is 10.0 Å². The van der Waals surface area contributed by atoms with E-state index in [1.165, 1.54) is 30.3 Å². The molecule has 3 N–H and O–H groups in total. The van der Waals surface area contributed by atoms with E-state index >= 15 is 0 Å². The predicted octanol–water partition coefficient (Wildman–Crippen LogP) is 2.51. The van der Waals surface area contributed by atoms with Gasteiger partial charge in [-0.3, -0.25) is 14.4 Å². The minimum atomic E-state index is -4.15. The molecule has 3 rings (SSSR count). The molecule has 0 bridgehead atoms. The van der Waals surface area contributed by atoms with Gasteiger partial charge in [-0.25, -0.2) is 8.42 Å². The second-order valence-electron chi connectivity index (χ2n) is 7.79. The third-order valence-corrected chi connectivity index (χ3v) is 6.62. The predicted molar refractivity (Wildman–Crippen MR) is 135 cm³/mol. The van der Waals surface area contributed by atoms with E-state index in [0.29, 0.717) is 0 Å². The first kappa shape index (κ1) is 27.1. The number of esters is 1. The zero-order chi connectivity index (χ0) is 26.8. The maximum atomic E-state index is 12.8. The largest absolute Gasteiger partial charge is 0.455 e. The molecule has 0 spiro atoms. The first-order valence-corrected chi connectivity index (χ1v) is 12.6. The van der Waals surface area contributed by atoms with Crippen LogP contribution in [-0.4, -0.2) is 39.4 Å². The zero-order valence-electron chi connectivity index (χ0n) is 19.8. The Morgan fingerprint density at radius 3 is 2.32 bits per heavy atom. The number of nitriles is 1. The highest BCUT2D eigenvalue weighted by molar-refractivity contribution is 7.89. The Labute approximate surface area is 214 Å². The van der Waals surface area contributed by atoms with Crippen LogP contribution in [0.15, 0.2) is 83.8 Å². The Morgan fingerprint density at radius 2 is 1.59 bits per heavy atom. The molecule has 3 aromatic rings. The van der Waals surface area contributed by atoms with Gasteiger partial charge in [-0.05, 0) is 36.8 Å². The Hall–Kier alpha value is -4.53. The number of rotatable bonds is 10. The molecule has 190 valence electrons. The lowest BCUT2D eigenvalue weighted by atomic mass is 10.1. The van der Waals surface area contributed by atoms with Crippen LogP contribution in [0.1, 0.15) is 34.5 Å². The zero-order valence-corrected chi connectivity index (χ0v) is 20.6. The van der Waals surface area contributed by atoms with Crippen LogP contribution in [0.2, 0.25) is 0 Å². The summed E-state index contributed by atoms with van der Waals surface area (Å²) in [6.07, 6.45) is 0. The molecule has 0 fully saturated rings. The number of nitrogens with one attached hydrogen (secondary N) is 3. The molecule has 1 atom stereocenters. The van der Waals surface area contributed by atoms with Crippen LogP contribution >= 0.6 is 0 Å². The van der Waals surface area contributed by atoms with E-state index in [2.05, 4.69) is 10.6 Å². The highest BCUT2D eigenvalue weighted by atomic mass is 32.2. The van der Waals surface area contributed by atoms with Crippen LogP contribution in [0.4, 0.5) is 5.69 Å². The fourth-order valence-electron chi connectivity index (χ4n) is 3.30. The summed E-state index contributed by atoms with van der Waals surface area (Å²) in [6.45, 7) is 0.387. The normalized spacial score (nSPS) is 11.6. The molecule has 3 aromatic carbocycles. The van der Waals surface area contributed by atoms with E-state index in [4.69, 9.17) is 10.00 Å². The van der Waals surface area contributed by atoms with Gasteiger partial charge in [0, 0.05) is 0 Å². The maximum absolute atomic E-state index is 12.8. The molecule has 37 heavy (non-hydrogen) atoms. The number of anilines is 1. The summed E-state index contributed by atoms with van der Waals surface area (Å²) in [7, 11) is -4.15. The van der Waals surface area contributed by atoms with Crippen LogP contribution in [0.3, 0.4) is 0 Å². The van der Waals surface area contributed by atoms with Crippen LogP contribution in [-0.2, 0) is 24.3 Å². The second-order valence-corrected chi connectivity index (χ2v) is 9.53. The van der Waals surface area contributed by atoms with Gasteiger partial charge < -0.3 is 15.4 Å². The van der Waals surface area contributed by atoms with Gasteiger partial charge in [-0.1, -0.05) is 54.6 Å². The Balaban J connectivity index is 1.54. The van der Waals surface area contributed by atoms with E-state index < -0.39 is 41.0 Å². The van der Waals surface area contributed by atoms with E-state index in [1.54, 1.807) is 24.3 Å². The number of carbonyl (C=O) groups is 3. The van der Waals surface area contributed by atoms with E-state index in [-0.39, 0.29) is 27.8 Å². The minimum absolute atomic E-state index is 0.0800. The average Bonchev–Trinajstić information content (AvgIpc) is 2.91. The number of ether oxygens (including phenoxy) is 1. The number of benzene rings is 3. The quantitative estimate of drug-likeness (QED) is 0.347. The summed E-state index contributed by atoms with van der Waals surface area (Å²) in [6, 6.07) is 22.7. The molecule has 11 heteroatoms. The van der Waals surface area contributed by atoms with E-state index in [0.717, 1.165) is 5.56 Å². The lowest BCUT2D eigenvalue weighted by Gasteiger charge is -2.16. The van der Waals surface area contributed by atoms with Gasteiger partial charge in [0.05, 0.1) is 27.8 Å². The molecule has 1 unspecified atom stereocenters. The topological polar surface area (TPSA) is 154 Å². The molecule has 0 saturated carbocycles. The SMILES string of the molecule is CC(NC(=O)c1ccccc1NC(=O)COC(=O)CNS(=O)(=O)c1ccccc1C#N)c1ccccc1. The summed E-state index contributed by atoms with van der Waals surface area (Å²) in [5, 5.41) is 14.5. The van der Waals surface area contributed by atoms with Crippen molar-refractivity contribution in [3.05, 3.63) is 95.6 Å². The van der Waals surface area contributed by atoms with Gasteiger partial charge in [-0.2, -0.15) is 9.98 Å². The maximum Gasteiger partial charge on any atom is 0.321 e. The first-order chi connectivity index (χ1) is 17.7. The van der Waals surface area contributed by atoms with Gasteiger partial charge in [-0.15, -0.1) is 0 Å². The number of carbonyl (C=O) groups excluding carboxylic acids is 3. The molecule has 0 radical (unpaired) electrons. The Bertz CT molecular complexity index is 1430. The third kappa shape index (κ3) is 7.47. The van der Waals surface area contributed by atoms with Crippen LogP contribution in [0, 0.1) is 11.3 Å². The van der Waals surface area contributed by atoms with Gasteiger partial charge in [0.25, 0.3) is 11.8 Å². The lowest BCUT2D eigenvalue weighted by Crippen LogP contribution is -2.33. The van der Waals surface area contributed by atoms with Crippen LogP contribution in [0.25, 0.3) is 0 Å². The molecule has 0 heterocycles. The number of hydrogen-bond acceptors (Lipinski definition) is 7. The highest BCUT2D eigenvalue weighted by Crippen LogP contribution is 2.18. The summed E-state index contributed by atoms with van der Waals surface area (Å²) in [4.78, 5) is 36.9. The van der Waals surface area contributed by atoms with Crippen molar-refractivity contribution >= 4 is 33.5 Å². The Morgan fingerprint density at radius 1 is 0.946 bits per heavy atom. The van der Waals surface area contributed by atoms with E-state index in [9.17, 15) is 22.8 Å². The van der Waals surface area contributed by atoms with Gasteiger partial charge in [0.1, 0.15) is 12.6 Å². The monoisotopic (exact) mass is 520 g/mol. The molecule has 0 aliphatic heterocycles. The lowest BCUT2D eigenvalue weighted by molar-refractivity contribution is -0.146. The van der Waals surface area contributed by atoms with Crippen molar-refractivity contribution in [2.45, 2.75) is 17.9 Å². The fourth-order valence-corrected chi connectivity index (χ4v) is 4.42. The molecule has 0 aliphatic carbocycles. The number of sulfonamides is 1.